The van der Waals surface area contributed by atoms with Gasteiger partial charge < -0.3 is 0 Å². The van der Waals surface area contributed by atoms with Gasteiger partial charge in [-0.05, 0) is 6.92 Å². The highest BCUT2D eigenvalue weighted by atomic mass is 16.1. The van der Waals surface area contributed by atoms with Crippen molar-refractivity contribution in [1.29, 1.82) is 0 Å². The number of carbonyl (C=O) groups is 3. The molecule has 4 aromatic carbocycles. The van der Waals surface area contributed by atoms with Gasteiger partial charge in [-0.2, -0.15) is 0 Å². The molecule has 166 valence electrons. The average Bonchev–Trinajstić information content (AvgIpc) is 2.90. The molecule has 33 heavy (non-hydrogen) atoms. The van der Waals surface area contributed by atoms with Crippen molar-refractivity contribution in [2.24, 2.45) is 0 Å². The molecule has 3 nitrogen and oxygen atoms in total. The number of rotatable bonds is 5. The van der Waals surface area contributed by atoms with Gasteiger partial charge in [0, 0.05) is 28.7 Å². The molecule has 0 unspecified atom stereocenters. The van der Waals surface area contributed by atoms with Gasteiger partial charge in [-0.3, -0.25) is 14.4 Å². The third-order valence-electron chi connectivity index (χ3n) is 4.67. The summed E-state index contributed by atoms with van der Waals surface area (Å²) in [6.07, 6.45) is 0.587. The summed E-state index contributed by atoms with van der Waals surface area (Å²) in [6, 6.07) is 37.2. The molecule has 4 rings (SSSR count). The van der Waals surface area contributed by atoms with E-state index < -0.39 is 0 Å². The van der Waals surface area contributed by atoms with Crippen LogP contribution < -0.4 is 0 Å². The van der Waals surface area contributed by atoms with Gasteiger partial charge >= 0.3 is 0 Å². The van der Waals surface area contributed by atoms with Crippen molar-refractivity contribution in [2.75, 3.05) is 0 Å². The molecule has 0 fully saturated rings. The van der Waals surface area contributed by atoms with E-state index in [1.54, 1.807) is 6.92 Å². The van der Waals surface area contributed by atoms with Crippen LogP contribution in [0.25, 0.3) is 0 Å². The molecule has 0 radical (unpaired) electrons. The Balaban J connectivity index is 0.000000181. The predicted octanol–water partition coefficient (Wildman–Crippen LogP) is 7.09. The molecule has 0 saturated carbocycles. The number of hydrogen-bond acceptors (Lipinski definition) is 3. The first-order valence-corrected chi connectivity index (χ1v) is 10.8. The van der Waals surface area contributed by atoms with Gasteiger partial charge in [-0.1, -0.05) is 128 Å². The topological polar surface area (TPSA) is 51.2 Å². The number of carbonyl (C=O) groups excluding carboxylic acids is 3. The molecule has 0 atom stereocenters. The minimum Gasteiger partial charge on any atom is -0.295 e. The van der Waals surface area contributed by atoms with E-state index in [4.69, 9.17) is 0 Å². The standard InChI is InChI=1S/C13H10O.C9H10O.C8H8O/c14-13(11-7-3-1-4-8-11)12-9-5-2-6-10-12;1-2-9(10)8-6-4-3-5-7-8;1-7(9)8-5-3-2-4-6-8/h1-10H;3-7H,2H2,1H3;2-6H,1H3. The predicted molar refractivity (Wildman–Crippen MR) is 134 cm³/mol. The number of ketones is 3. The normalized spacial score (nSPS) is 9.39. The van der Waals surface area contributed by atoms with Crippen molar-refractivity contribution < 1.29 is 14.4 Å². The molecule has 0 saturated heterocycles. The molecule has 3 heteroatoms. The van der Waals surface area contributed by atoms with E-state index in [2.05, 4.69) is 0 Å². The van der Waals surface area contributed by atoms with Crippen LogP contribution in [0.5, 0.6) is 0 Å². The Bertz CT molecular complexity index is 1080. The fourth-order valence-corrected chi connectivity index (χ4v) is 2.85. The van der Waals surface area contributed by atoms with E-state index in [1.165, 1.54) is 0 Å². The second-order valence-corrected chi connectivity index (χ2v) is 7.13. The highest BCUT2D eigenvalue weighted by molar-refractivity contribution is 6.08. The molecule has 0 spiro atoms. The highest BCUT2D eigenvalue weighted by Crippen LogP contribution is 2.08. The van der Waals surface area contributed by atoms with Crippen LogP contribution in [0.4, 0.5) is 0 Å². The Morgan fingerprint density at radius 1 is 0.485 bits per heavy atom. The van der Waals surface area contributed by atoms with Gasteiger partial charge in [0.25, 0.3) is 0 Å². The van der Waals surface area contributed by atoms with Crippen molar-refractivity contribution in [2.45, 2.75) is 20.3 Å². The summed E-state index contributed by atoms with van der Waals surface area (Å²) < 4.78 is 0. The maximum atomic E-state index is 11.8. The third kappa shape index (κ3) is 8.88. The van der Waals surface area contributed by atoms with Gasteiger partial charge in [0.15, 0.2) is 17.3 Å². The Morgan fingerprint density at radius 3 is 1.06 bits per heavy atom. The molecular formula is C30H28O3. The first-order valence-electron chi connectivity index (χ1n) is 10.8. The van der Waals surface area contributed by atoms with Crippen LogP contribution in [0, 0.1) is 0 Å². The van der Waals surface area contributed by atoms with E-state index >= 15 is 0 Å². The lowest BCUT2D eigenvalue weighted by atomic mass is 10.0. The Kier molecular flexibility index (Phi) is 10.7. The Morgan fingerprint density at radius 2 is 0.788 bits per heavy atom. The van der Waals surface area contributed by atoms with Gasteiger partial charge in [-0.25, -0.2) is 0 Å². The number of Topliss-reactive ketones (excluding diaryl/α,β-unsaturated/α-hetero) is 2. The zero-order valence-electron chi connectivity index (χ0n) is 19.0. The second kappa shape index (κ2) is 14.0. The van der Waals surface area contributed by atoms with Crippen LogP contribution in [0.3, 0.4) is 0 Å². The minimum atomic E-state index is 0.0752. The molecule has 0 aliphatic rings. The van der Waals surface area contributed by atoms with Gasteiger partial charge in [0.2, 0.25) is 0 Å². The first-order chi connectivity index (χ1) is 16.0. The fraction of sp³-hybridized carbons (Fsp3) is 0.100. The summed E-state index contributed by atoms with van der Waals surface area (Å²) in [6.45, 7) is 3.44. The lowest BCUT2D eigenvalue weighted by molar-refractivity contribution is 0.0985. The quantitative estimate of drug-likeness (QED) is 0.314. The summed E-state index contributed by atoms with van der Waals surface area (Å²) in [7, 11) is 0. The van der Waals surface area contributed by atoms with Crippen LogP contribution in [0.15, 0.2) is 121 Å². The van der Waals surface area contributed by atoms with Crippen molar-refractivity contribution in [3.05, 3.63) is 144 Å². The van der Waals surface area contributed by atoms with Gasteiger partial charge in [-0.15, -0.1) is 0 Å². The van der Waals surface area contributed by atoms with Crippen molar-refractivity contribution in [1.82, 2.24) is 0 Å². The van der Waals surface area contributed by atoms with Crippen molar-refractivity contribution in [3.8, 4) is 0 Å². The lowest BCUT2D eigenvalue weighted by Crippen LogP contribution is -1.99. The summed E-state index contributed by atoms with van der Waals surface area (Å²) in [5, 5.41) is 0. The fourth-order valence-electron chi connectivity index (χ4n) is 2.85. The summed E-state index contributed by atoms with van der Waals surface area (Å²) in [5.74, 6) is 0.405. The lowest BCUT2D eigenvalue weighted by Gasteiger charge is -1.99. The maximum absolute atomic E-state index is 11.8. The molecule has 0 amide bonds. The zero-order valence-corrected chi connectivity index (χ0v) is 19.0. The van der Waals surface area contributed by atoms with E-state index in [9.17, 15) is 14.4 Å². The SMILES string of the molecule is CC(=O)c1ccccc1.CCC(=O)c1ccccc1.O=C(c1ccccc1)c1ccccc1. The highest BCUT2D eigenvalue weighted by Gasteiger charge is 2.06. The second-order valence-electron chi connectivity index (χ2n) is 7.13. The Hall–Kier alpha value is -4.11. The molecular weight excluding hydrogens is 408 g/mol. The van der Waals surface area contributed by atoms with Crippen LogP contribution in [0.1, 0.15) is 56.9 Å². The Labute approximate surface area is 195 Å². The molecule has 0 aliphatic carbocycles. The zero-order chi connectivity index (χ0) is 23.9. The van der Waals surface area contributed by atoms with E-state index in [0.29, 0.717) is 6.42 Å². The molecule has 4 aromatic rings. The van der Waals surface area contributed by atoms with Gasteiger partial charge in [0.1, 0.15) is 0 Å². The first kappa shape index (κ1) is 25.2. The third-order valence-corrected chi connectivity index (χ3v) is 4.67. The van der Waals surface area contributed by atoms with Crippen LogP contribution >= 0.6 is 0 Å². The van der Waals surface area contributed by atoms with Crippen molar-refractivity contribution >= 4 is 17.3 Å². The largest absolute Gasteiger partial charge is 0.295 e. The van der Waals surface area contributed by atoms with Crippen molar-refractivity contribution in [3.63, 3.8) is 0 Å². The molecule has 0 heterocycles. The summed E-state index contributed by atoms with van der Waals surface area (Å²) >= 11 is 0. The summed E-state index contributed by atoms with van der Waals surface area (Å²) in [4.78, 5) is 33.5. The van der Waals surface area contributed by atoms with E-state index in [0.717, 1.165) is 22.3 Å². The smallest absolute Gasteiger partial charge is 0.193 e. The molecule has 0 aromatic heterocycles. The average molecular weight is 437 g/mol. The van der Waals surface area contributed by atoms with Crippen LogP contribution in [-0.2, 0) is 0 Å². The molecule has 0 bridgehead atoms. The van der Waals surface area contributed by atoms with Gasteiger partial charge in [0.05, 0.1) is 0 Å². The van der Waals surface area contributed by atoms with Crippen LogP contribution in [0.2, 0.25) is 0 Å². The number of hydrogen-bond donors (Lipinski definition) is 0. The monoisotopic (exact) mass is 436 g/mol. The number of benzene rings is 4. The molecule has 0 aliphatic heterocycles. The summed E-state index contributed by atoms with van der Waals surface area (Å²) in [5.41, 5.74) is 3.06. The minimum absolute atomic E-state index is 0.0752. The van der Waals surface area contributed by atoms with E-state index in [-0.39, 0.29) is 17.3 Å². The van der Waals surface area contributed by atoms with Crippen LogP contribution in [-0.4, -0.2) is 17.3 Å². The van der Waals surface area contributed by atoms with E-state index in [1.807, 2.05) is 128 Å². The maximum Gasteiger partial charge on any atom is 0.193 e. The molecule has 0 N–H and O–H groups in total.